The van der Waals surface area contributed by atoms with Crippen LogP contribution < -0.4 is 5.32 Å². The van der Waals surface area contributed by atoms with E-state index in [9.17, 15) is 8.42 Å². The Bertz CT molecular complexity index is 580. The summed E-state index contributed by atoms with van der Waals surface area (Å²) < 4.78 is 27.6. The Morgan fingerprint density at radius 2 is 2.10 bits per heavy atom. The van der Waals surface area contributed by atoms with Gasteiger partial charge in [0.15, 0.2) is 0 Å². The van der Waals surface area contributed by atoms with Crippen molar-refractivity contribution in [2.75, 3.05) is 13.1 Å². The molecule has 2 unspecified atom stereocenters. The molecule has 4 nitrogen and oxygen atoms in total. The molecule has 1 aromatic heterocycles. The van der Waals surface area contributed by atoms with Crippen molar-refractivity contribution in [3.05, 3.63) is 15.8 Å². The van der Waals surface area contributed by atoms with Gasteiger partial charge < -0.3 is 5.32 Å². The average molecular weight is 331 g/mol. The SMILES string of the molecule is CCNCc1cc(S(=O)(=O)N2CC(C)CCC2C)c(C)s1. The largest absolute Gasteiger partial charge is 0.312 e. The molecule has 1 aromatic rings. The number of hydrogen-bond acceptors (Lipinski definition) is 4. The van der Waals surface area contributed by atoms with Crippen molar-refractivity contribution in [2.45, 2.75) is 58.0 Å². The van der Waals surface area contributed by atoms with Crippen LogP contribution in [0.3, 0.4) is 0 Å². The maximum Gasteiger partial charge on any atom is 0.244 e. The standard InChI is InChI=1S/C15H26N2O2S2/c1-5-16-9-14-8-15(13(4)20-14)21(18,19)17-10-11(2)6-7-12(17)3/h8,11-12,16H,5-7,9-10H2,1-4H3. The third-order valence-corrected chi connectivity index (χ3v) is 7.41. The molecule has 1 aliphatic heterocycles. The van der Waals surface area contributed by atoms with Crippen molar-refractivity contribution in [2.24, 2.45) is 5.92 Å². The molecule has 1 aliphatic rings. The third-order valence-electron chi connectivity index (χ3n) is 4.12. The first kappa shape index (κ1) is 16.9. The van der Waals surface area contributed by atoms with Crippen LogP contribution in [0.25, 0.3) is 0 Å². The predicted octanol–water partition coefficient (Wildman–Crippen LogP) is 2.98. The molecule has 0 saturated carbocycles. The van der Waals surface area contributed by atoms with Gasteiger partial charge in [-0.05, 0) is 45.2 Å². The molecule has 0 radical (unpaired) electrons. The van der Waals surface area contributed by atoms with E-state index in [0.29, 0.717) is 17.4 Å². The molecule has 0 spiro atoms. The summed E-state index contributed by atoms with van der Waals surface area (Å²) in [6.45, 7) is 10.4. The molecule has 1 fully saturated rings. The molecule has 0 amide bonds. The lowest BCUT2D eigenvalue weighted by molar-refractivity contribution is 0.218. The van der Waals surface area contributed by atoms with Gasteiger partial charge in [-0.25, -0.2) is 8.42 Å². The molecular weight excluding hydrogens is 304 g/mol. The van der Waals surface area contributed by atoms with Crippen LogP contribution in [-0.4, -0.2) is 31.9 Å². The van der Waals surface area contributed by atoms with E-state index >= 15 is 0 Å². The second-order valence-corrected chi connectivity index (χ2v) is 9.22. The molecule has 0 bridgehead atoms. The van der Waals surface area contributed by atoms with Gasteiger partial charge >= 0.3 is 0 Å². The van der Waals surface area contributed by atoms with Crippen molar-refractivity contribution >= 4 is 21.4 Å². The summed E-state index contributed by atoms with van der Waals surface area (Å²) in [4.78, 5) is 2.49. The smallest absolute Gasteiger partial charge is 0.244 e. The molecule has 1 saturated heterocycles. The van der Waals surface area contributed by atoms with Crippen LogP contribution in [0.15, 0.2) is 11.0 Å². The number of hydrogen-bond donors (Lipinski definition) is 1. The molecule has 2 heterocycles. The summed E-state index contributed by atoms with van der Waals surface area (Å²) in [7, 11) is -3.36. The van der Waals surface area contributed by atoms with Crippen LogP contribution in [0.2, 0.25) is 0 Å². The minimum Gasteiger partial charge on any atom is -0.312 e. The van der Waals surface area contributed by atoms with Gasteiger partial charge in [0.05, 0.1) is 4.90 Å². The van der Waals surface area contributed by atoms with Gasteiger partial charge in [0.2, 0.25) is 10.0 Å². The Labute approximate surface area is 132 Å². The molecule has 2 atom stereocenters. The lowest BCUT2D eigenvalue weighted by Crippen LogP contribution is -2.44. The van der Waals surface area contributed by atoms with E-state index in [-0.39, 0.29) is 6.04 Å². The highest BCUT2D eigenvalue weighted by atomic mass is 32.2. The Hall–Kier alpha value is -0.430. The summed E-state index contributed by atoms with van der Waals surface area (Å²) in [6.07, 6.45) is 2.06. The van der Waals surface area contributed by atoms with Crippen molar-refractivity contribution in [3.63, 3.8) is 0 Å². The first-order valence-electron chi connectivity index (χ1n) is 7.68. The van der Waals surface area contributed by atoms with Gasteiger partial charge in [0.25, 0.3) is 0 Å². The van der Waals surface area contributed by atoms with E-state index in [2.05, 4.69) is 19.2 Å². The van der Waals surface area contributed by atoms with Crippen LogP contribution >= 0.6 is 11.3 Å². The summed E-state index contributed by atoms with van der Waals surface area (Å²) in [5, 5.41) is 3.25. The highest BCUT2D eigenvalue weighted by molar-refractivity contribution is 7.89. The fraction of sp³-hybridized carbons (Fsp3) is 0.733. The molecule has 0 aromatic carbocycles. The van der Waals surface area contributed by atoms with E-state index in [1.165, 1.54) is 0 Å². The molecule has 120 valence electrons. The number of aryl methyl sites for hydroxylation is 1. The lowest BCUT2D eigenvalue weighted by Gasteiger charge is -2.35. The van der Waals surface area contributed by atoms with Gasteiger partial charge in [-0.3, -0.25) is 0 Å². The monoisotopic (exact) mass is 330 g/mol. The zero-order valence-electron chi connectivity index (χ0n) is 13.3. The summed E-state index contributed by atoms with van der Waals surface area (Å²) in [5.41, 5.74) is 0. The van der Waals surface area contributed by atoms with Crippen molar-refractivity contribution in [1.82, 2.24) is 9.62 Å². The number of piperidine rings is 1. The molecule has 2 rings (SSSR count). The van der Waals surface area contributed by atoms with Crippen molar-refractivity contribution in [1.29, 1.82) is 0 Å². The van der Waals surface area contributed by atoms with E-state index in [1.807, 2.05) is 19.9 Å². The Kier molecular flexibility index (Phi) is 5.46. The highest BCUT2D eigenvalue weighted by Crippen LogP contribution is 2.32. The third kappa shape index (κ3) is 3.67. The van der Waals surface area contributed by atoms with Gasteiger partial charge in [0, 0.05) is 28.9 Å². The molecule has 1 N–H and O–H groups in total. The first-order valence-corrected chi connectivity index (χ1v) is 9.93. The zero-order chi connectivity index (χ0) is 15.6. The highest BCUT2D eigenvalue weighted by Gasteiger charge is 2.35. The molecule has 0 aliphatic carbocycles. The van der Waals surface area contributed by atoms with E-state index < -0.39 is 10.0 Å². The van der Waals surface area contributed by atoms with E-state index in [4.69, 9.17) is 0 Å². The van der Waals surface area contributed by atoms with Crippen LogP contribution in [-0.2, 0) is 16.6 Å². The maximum atomic E-state index is 13.0. The maximum absolute atomic E-state index is 13.0. The summed E-state index contributed by atoms with van der Waals surface area (Å²) in [6, 6.07) is 1.95. The Morgan fingerprint density at radius 1 is 1.38 bits per heavy atom. The van der Waals surface area contributed by atoms with Gasteiger partial charge in [-0.2, -0.15) is 4.31 Å². The summed E-state index contributed by atoms with van der Waals surface area (Å²) >= 11 is 1.58. The Morgan fingerprint density at radius 3 is 2.76 bits per heavy atom. The topological polar surface area (TPSA) is 49.4 Å². The van der Waals surface area contributed by atoms with Crippen LogP contribution in [0.5, 0.6) is 0 Å². The van der Waals surface area contributed by atoms with Gasteiger partial charge in [0.1, 0.15) is 0 Å². The van der Waals surface area contributed by atoms with Crippen molar-refractivity contribution < 1.29 is 8.42 Å². The predicted molar refractivity (Wildman–Crippen MR) is 88.2 cm³/mol. The number of nitrogens with zero attached hydrogens (tertiary/aromatic N) is 1. The fourth-order valence-electron chi connectivity index (χ4n) is 2.83. The fourth-order valence-corrected chi connectivity index (χ4v) is 6.18. The van der Waals surface area contributed by atoms with Crippen LogP contribution in [0, 0.1) is 12.8 Å². The van der Waals surface area contributed by atoms with Crippen LogP contribution in [0.1, 0.15) is 43.4 Å². The minimum absolute atomic E-state index is 0.0997. The normalized spacial score (nSPS) is 24.4. The number of nitrogens with one attached hydrogen (secondary N) is 1. The first-order chi connectivity index (χ1) is 9.86. The molecule has 21 heavy (non-hydrogen) atoms. The van der Waals surface area contributed by atoms with Gasteiger partial charge in [-0.1, -0.05) is 13.8 Å². The number of sulfonamides is 1. The number of thiophene rings is 1. The molecular formula is C15H26N2O2S2. The lowest BCUT2D eigenvalue weighted by atomic mass is 9.97. The van der Waals surface area contributed by atoms with Gasteiger partial charge in [-0.15, -0.1) is 11.3 Å². The van der Waals surface area contributed by atoms with E-state index in [0.717, 1.165) is 35.7 Å². The van der Waals surface area contributed by atoms with Crippen LogP contribution in [0.4, 0.5) is 0 Å². The van der Waals surface area contributed by atoms with E-state index in [1.54, 1.807) is 15.6 Å². The quantitative estimate of drug-likeness (QED) is 0.903. The van der Waals surface area contributed by atoms with Crippen molar-refractivity contribution in [3.8, 4) is 0 Å². The number of rotatable bonds is 5. The zero-order valence-corrected chi connectivity index (χ0v) is 15.0. The minimum atomic E-state index is -3.36. The average Bonchev–Trinajstić information content (AvgIpc) is 2.81. The second-order valence-electron chi connectivity index (χ2n) is 6.02. The molecule has 6 heteroatoms. The second kappa shape index (κ2) is 6.77. The Balaban J connectivity index is 2.28. The summed E-state index contributed by atoms with van der Waals surface area (Å²) in [5.74, 6) is 0.441.